The molecule has 0 atom stereocenters. The lowest BCUT2D eigenvalue weighted by Crippen LogP contribution is -2.48. The number of carbonyl (C=O) groups is 2. The third-order valence-corrected chi connectivity index (χ3v) is 6.33. The lowest BCUT2D eigenvalue weighted by molar-refractivity contribution is -0.126. The first kappa shape index (κ1) is 19.1. The molecule has 1 aromatic heterocycles. The summed E-state index contributed by atoms with van der Waals surface area (Å²) in [5.74, 6) is -1.75. The Kier molecular flexibility index (Phi) is 5.57. The molecule has 0 radical (unpaired) electrons. The van der Waals surface area contributed by atoms with E-state index >= 15 is 0 Å². The zero-order valence-corrected chi connectivity index (χ0v) is 15.1. The van der Waals surface area contributed by atoms with Gasteiger partial charge in [0.15, 0.2) is 0 Å². The van der Waals surface area contributed by atoms with E-state index in [0.29, 0.717) is 18.5 Å². The first-order chi connectivity index (χ1) is 12.9. The number of nitrogens with one attached hydrogen (secondary N) is 3. The Morgan fingerprint density at radius 3 is 2.33 bits per heavy atom. The topological polar surface area (TPSA) is 111 Å². The van der Waals surface area contributed by atoms with Crippen LogP contribution in [0.15, 0.2) is 47.5 Å². The van der Waals surface area contributed by atoms with Gasteiger partial charge in [-0.3, -0.25) is 20.4 Å². The summed E-state index contributed by atoms with van der Waals surface area (Å²) in [6, 6.07) is 7.87. The molecule has 2 heterocycles. The molecule has 0 saturated carbocycles. The number of hydrogen-bond donors (Lipinski definition) is 3. The van der Waals surface area contributed by atoms with Gasteiger partial charge in [0.05, 0.1) is 4.90 Å². The van der Waals surface area contributed by atoms with Gasteiger partial charge in [-0.15, -0.1) is 0 Å². The van der Waals surface area contributed by atoms with Crippen molar-refractivity contribution in [2.24, 2.45) is 5.92 Å². The number of amides is 2. The minimum atomic E-state index is -3.72. The maximum absolute atomic E-state index is 13.0. The maximum Gasteiger partial charge on any atom is 0.286 e. The summed E-state index contributed by atoms with van der Waals surface area (Å²) in [6.45, 7) is 0.338. The molecule has 144 valence electrons. The van der Waals surface area contributed by atoms with Gasteiger partial charge in [-0.05, 0) is 49.2 Å². The van der Waals surface area contributed by atoms with E-state index in [9.17, 15) is 22.4 Å². The summed E-state index contributed by atoms with van der Waals surface area (Å²) < 4.78 is 39.4. The SMILES string of the molecule is O=C(NNC(=O)C1CCN(S(=O)(=O)c2ccc(F)cc2)CC1)c1ccc[nH]1. The van der Waals surface area contributed by atoms with Crippen LogP contribution >= 0.6 is 0 Å². The Hall–Kier alpha value is -2.72. The van der Waals surface area contributed by atoms with E-state index in [-0.39, 0.29) is 23.9 Å². The molecule has 10 heteroatoms. The molecule has 8 nitrogen and oxygen atoms in total. The molecule has 0 bridgehead atoms. The van der Waals surface area contributed by atoms with E-state index in [4.69, 9.17) is 0 Å². The second-order valence-electron chi connectivity index (χ2n) is 6.16. The molecule has 0 spiro atoms. The second kappa shape index (κ2) is 7.89. The van der Waals surface area contributed by atoms with Crippen LogP contribution in [0.1, 0.15) is 23.3 Å². The number of hydrogen-bond acceptors (Lipinski definition) is 4. The molecule has 1 saturated heterocycles. The number of halogens is 1. The molecule has 3 rings (SSSR count). The molecule has 1 aliphatic heterocycles. The quantitative estimate of drug-likeness (QED) is 0.672. The van der Waals surface area contributed by atoms with Crippen molar-refractivity contribution in [3.05, 3.63) is 54.1 Å². The summed E-state index contributed by atoms with van der Waals surface area (Å²) >= 11 is 0. The molecule has 2 aromatic rings. The van der Waals surface area contributed by atoms with Crippen LogP contribution in [0, 0.1) is 11.7 Å². The fourth-order valence-electron chi connectivity index (χ4n) is 2.87. The molecule has 27 heavy (non-hydrogen) atoms. The lowest BCUT2D eigenvalue weighted by atomic mass is 9.98. The van der Waals surface area contributed by atoms with Crippen molar-refractivity contribution in [2.45, 2.75) is 17.7 Å². The Morgan fingerprint density at radius 2 is 1.74 bits per heavy atom. The van der Waals surface area contributed by atoms with Crippen LogP contribution in [0.2, 0.25) is 0 Å². The summed E-state index contributed by atoms with van der Waals surface area (Å²) in [5.41, 5.74) is 5.00. The average Bonchev–Trinajstić information content (AvgIpc) is 3.21. The molecule has 3 N–H and O–H groups in total. The molecule has 2 amide bonds. The van der Waals surface area contributed by atoms with Gasteiger partial charge in [0, 0.05) is 25.2 Å². The summed E-state index contributed by atoms with van der Waals surface area (Å²) in [7, 11) is -3.72. The average molecular weight is 394 g/mol. The predicted molar refractivity (Wildman–Crippen MR) is 94.3 cm³/mol. The monoisotopic (exact) mass is 394 g/mol. The minimum Gasteiger partial charge on any atom is -0.357 e. The molecule has 0 unspecified atom stereocenters. The largest absolute Gasteiger partial charge is 0.357 e. The fourth-order valence-corrected chi connectivity index (χ4v) is 4.34. The van der Waals surface area contributed by atoms with Crippen LogP contribution in [-0.2, 0) is 14.8 Å². The highest BCUT2D eigenvalue weighted by molar-refractivity contribution is 7.89. The molecule has 1 aliphatic rings. The van der Waals surface area contributed by atoms with Crippen molar-refractivity contribution in [1.29, 1.82) is 0 Å². The van der Waals surface area contributed by atoms with Gasteiger partial charge in [0.1, 0.15) is 11.5 Å². The molecular formula is C17H19FN4O4S. The Morgan fingerprint density at radius 1 is 1.07 bits per heavy atom. The van der Waals surface area contributed by atoms with E-state index in [1.807, 2.05) is 0 Å². The predicted octanol–water partition coefficient (Wildman–Crippen LogP) is 1.02. The first-order valence-corrected chi connectivity index (χ1v) is 9.81. The number of benzene rings is 1. The molecular weight excluding hydrogens is 375 g/mol. The van der Waals surface area contributed by atoms with Crippen molar-refractivity contribution in [3.63, 3.8) is 0 Å². The van der Waals surface area contributed by atoms with Crippen LogP contribution in [-0.4, -0.2) is 42.6 Å². The number of aromatic nitrogens is 1. The van der Waals surface area contributed by atoms with Crippen LogP contribution in [0.4, 0.5) is 4.39 Å². The van der Waals surface area contributed by atoms with Crippen LogP contribution < -0.4 is 10.9 Å². The standard InChI is InChI=1S/C17H19FN4O4S/c18-13-3-5-14(6-4-13)27(25,26)22-10-7-12(8-11-22)16(23)20-21-17(24)15-2-1-9-19-15/h1-6,9,12,19H,7-8,10-11H2,(H,20,23)(H,21,24). The summed E-state index contributed by atoms with van der Waals surface area (Å²) in [4.78, 5) is 26.7. The fraction of sp³-hybridized carbons (Fsp3) is 0.294. The van der Waals surface area contributed by atoms with Crippen LogP contribution in [0.5, 0.6) is 0 Å². The summed E-state index contributed by atoms with van der Waals surface area (Å²) in [5, 5.41) is 0. The molecule has 0 aliphatic carbocycles. The number of nitrogens with zero attached hydrogens (tertiary/aromatic N) is 1. The van der Waals surface area contributed by atoms with Gasteiger partial charge < -0.3 is 4.98 Å². The second-order valence-corrected chi connectivity index (χ2v) is 8.10. The lowest BCUT2D eigenvalue weighted by Gasteiger charge is -2.30. The Bertz CT molecular complexity index is 905. The minimum absolute atomic E-state index is 0.0185. The van der Waals surface area contributed by atoms with Crippen molar-refractivity contribution >= 4 is 21.8 Å². The van der Waals surface area contributed by atoms with E-state index in [1.54, 1.807) is 18.3 Å². The first-order valence-electron chi connectivity index (χ1n) is 8.37. The van der Waals surface area contributed by atoms with Crippen molar-refractivity contribution < 1.29 is 22.4 Å². The highest BCUT2D eigenvalue weighted by Crippen LogP contribution is 2.24. The van der Waals surface area contributed by atoms with E-state index in [0.717, 1.165) is 12.1 Å². The number of hydrazine groups is 1. The molecule has 1 aromatic carbocycles. The smallest absolute Gasteiger partial charge is 0.286 e. The van der Waals surface area contributed by atoms with Gasteiger partial charge in [-0.25, -0.2) is 12.8 Å². The third-order valence-electron chi connectivity index (χ3n) is 4.42. The van der Waals surface area contributed by atoms with Crippen molar-refractivity contribution in [1.82, 2.24) is 20.1 Å². The zero-order valence-electron chi connectivity index (χ0n) is 14.3. The van der Waals surface area contributed by atoms with E-state index in [1.165, 1.54) is 16.4 Å². The van der Waals surface area contributed by atoms with E-state index < -0.39 is 27.7 Å². The normalized spacial score (nSPS) is 16.0. The third kappa shape index (κ3) is 4.34. The van der Waals surface area contributed by atoms with Crippen molar-refractivity contribution in [3.8, 4) is 0 Å². The van der Waals surface area contributed by atoms with Gasteiger partial charge in [0.25, 0.3) is 5.91 Å². The number of aromatic amines is 1. The Balaban J connectivity index is 1.53. The van der Waals surface area contributed by atoms with Gasteiger partial charge >= 0.3 is 0 Å². The van der Waals surface area contributed by atoms with Crippen LogP contribution in [0.25, 0.3) is 0 Å². The molecule has 1 fully saturated rings. The van der Waals surface area contributed by atoms with Crippen molar-refractivity contribution in [2.75, 3.05) is 13.1 Å². The highest BCUT2D eigenvalue weighted by Gasteiger charge is 2.32. The number of sulfonamides is 1. The van der Waals surface area contributed by atoms with Gasteiger partial charge in [-0.1, -0.05) is 0 Å². The number of H-pyrrole nitrogens is 1. The van der Waals surface area contributed by atoms with Gasteiger partial charge in [0.2, 0.25) is 15.9 Å². The van der Waals surface area contributed by atoms with Crippen LogP contribution in [0.3, 0.4) is 0 Å². The number of carbonyl (C=O) groups excluding carboxylic acids is 2. The van der Waals surface area contributed by atoms with Gasteiger partial charge in [-0.2, -0.15) is 4.31 Å². The Labute approximate surface area is 155 Å². The van der Waals surface area contributed by atoms with E-state index in [2.05, 4.69) is 15.8 Å². The maximum atomic E-state index is 13.0. The highest BCUT2D eigenvalue weighted by atomic mass is 32.2. The number of rotatable bonds is 4. The summed E-state index contributed by atoms with van der Waals surface area (Å²) in [6.07, 6.45) is 2.24. The number of piperidine rings is 1. The zero-order chi connectivity index (χ0) is 19.4.